The fourth-order valence-corrected chi connectivity index (χ4v) is 7.96. The minimum absolute atomic E-state index is 0.0299. The number of nitrogens with zero attached hydrogens (tertiary/aromatic N) is 7. The molecule has 282 valence electrons. The number of carbonyl (C=O) groups is 2. The number of carbonyl (C=O) groups excluding carboxylic acids is 2. The highest BCUT2D eigenvalue weighted by molar-refractivity contribution is 6.00. The lowest BCUT2D eigenvalue weighted by Crippen LogP contribution is -2.52. The van der Waals surface area contributed by atoms with Crippen LogP contribution in [0.25, 0.3) is 11.4 Å². The summed E-state index contributed by atoms with van der Waals surface area (Å²) in [5, 5.41) is 5.52. The highest BCUT2D eigenvalue weighted by atomic mass is 19.3. The number of amides is 3. The van der Waals surface area contributed by atoms with Gasteiger partial charge in [-0.05, 0) is 62.4 Å². The van der Waals surface area contributed by atoms with Crippen LogP contribution in [0.3, 0.4) is 0 Å². The van der Waals surface area contributed by atoms with E-state index in [0.29, 0.717) is 41.6 Å². The predicted octanol–water partition coefficient (Wildman–Crippen LogP) is 4.57. The average Bonchev–Trinajstić information content (AvgIpc) is 3.40. The number of ether oxygens (including phenoxy) is 2. The molecule has 4 atom stereocenters. The number of halogens is 4. The molecule has 8 rings (SSSR count). The Labute approximate surface area is 303 Å². The summed E-state index contributed by atoms with van der Waals surface area (Å²) in [7, 11) is 0. The number of anilines is 4. The van der Waals surface area contributed by atoms with Crippen LogP contribution in [-0.4, -0.2) is 131 Å². The third-order valence-electron chi connectivity index (χ3n) is 10.8. The first-order valence-electron chi connectivity index (χ1n) is 17.9. The number of hydrogen-bond acceptors (Lipinski definition) is 10. The summed E-state index contributed by atoms with van der Waals surface area (Å²) < 4.78 is 70.9. The molecule has 4 bridgehead atoms. The van der Waals surface area contributed by atoms with Crippen molar-refractivity contribution < 1.29 is 36.6 Å². The molecule has 4 unspecified atom stereocenters. The Morgan fingerprint density at radius 1 is 0.717 bits per heavy atom. The van der Waals surface area contributed by atoms with Gasteiger partial charge >= 0.3 is 6.03 Å². The first-order chi connectivity index (χ1) is 25.4. The van der Waals surface area contributed by atoms with Crippen molar-refractivity contribution in [1.29, 1.82) is 0 Å². The van der Waals surface area contributed by atoms with Gasteiger partial charge in [0.15, 0.2) is 5.82 Å². The third kappa shape index (κ3) is 6.85. The van der Waals surface area contributed by atoms with Crippen LogP contribution < -0.4 is 20.4 Å². The normalized spacial score (nSPS) is 26.2. The van der Waals surface area contributed by atoms with Gasteiger partial charge in [-0.25, -0.2) is 22.4 Å². The van der Waals surface area contributed by atoms with Crippen LogP contribution in [0.5, 0.6) is 0 Å². The van der Waals surface area contributed by atoms with Crippen molar-refractivity contribution in [2.45, 2.75) is 68.7 Å². The van der Waals surface area contributed by atoms with Crippen LogP contribution in [-0.2, 0) is 9.47 Å². The maximum atomic E-state index is 15.0. The Balaban J connectivity index is 0.975. The van der Waals surface area contributed by atoms with Gasteiger partial charge in [-0.1, -0.05) is 0 Å². The van der Waals surface area contributed by atoms with Crippen LogP contribution in [0.1, 0.15) is 37.0 Å². The summed E-state index contributed by atoms with van der Waals surface area (Å²) in [6, 6.07) is 9.17. The van der Waals surface area contributed by atoms with Crippen molar-refractivity contribution in [3.05, 3.63) is 54.1 Å². The van der Waals surface area contributed by atoms with Crippen LogP contribution in [0, 0.1) is 0 Å². The topological polar surface area (TPSA) is 128 Å². The van der Waals surface area contributed by atoms with Crippen LogP contribution in [0.2, 0.25) is 0 Å². The molecule has 13 nitrogen and oxygen atoms in total. The Hall–Kier alpha value is -4.61. The Morgan fingerprint density at radius 3 is 1.68 bits per heavy atom. The van der Waals surface area contributed by atoms with E-state index in [1.165, 1.54) is 9.80 Å². The lowest BCUT2D eigenvalue weighted by atomic mass is 10.1. The van der Waals surface area contributed by atoms with Gasteiger partial charge in [0, 0.05) is 67.6 Å². The fraction of sp³-hybridized carbons (Fsp3) is 0.528. The average molecular weight is 740 g/mol. The monoisotopic (exact) mass is 739 g/mol. The minimum Gasteiger partial charge on any atom is -0.377 e. The third-order valence-corrected chi connectivity index (χ3v) is 10.8. The molecule has 0 saturated carbocycles. The summed E-state index contributed by atoms with van der Waals surface area (Å²) >= 11 is 0. The molecule has 3 aromatic rings. The number of morpholine rings is 2. The summed E-state index contributed by atoms with van der Waals surface area (Å²) in [4.78, 5) is 46.6. The number of piperazine rings is 1. The van der Waals surface area contributed by atoms with Gasteiger partial charge in [-0.15, -0.1) is 0 Å². The van der Waals surface area contributed by atoms with E-state index in [-0.39, 0.29) is 50.1 Å². The van der Waals surface area contributed by atoms with Crippen molar-refractivity contribution in [3.8, 4) is 11.4 Å². The first-order valence-corrected chi connectivity index (χ1v) is 17.9. The number of fused-ring (bicyclic) bond motifs is 4. The van der Waals surface area contributed by atoms with Gasteiger partial charge in [0.2, 0.25) is 11.9 Å². The molecule has 3 amide bonds. The molecule has 2 N–H and O–H groups in total. The molecule has 0 spiro atoms. The maximum Gasteiger partial charge on any atom is 0.323 e. The van der Waals surface area contributed by atoms with Crippen molar-refractivity contribution in [2.75, 3.05) is 73.0 Å². The number of aromatic nitrogens is 3. The van der Waals surface area contributed by atoms with Crippen molar-refractivity contribution in [1.82, 2.24) is 24.8 Å². The summed E-state index contributed by atoms with van der Waals surface area (Å²) in [5.41, 5.74) is 1.94. The van der Waals surface area contributed by atoms with Crippen molar-refractivity contribution >= 4 is 35.2 Å². The van der Waals surface area contributed by atoms with E-state index in [0.717, 1.165) is 13.1 Å². The van der Waals surface area contributed by atoms with Gasteiger partial charge < -0.3 is 34.8 Å². The second-order valence-corrected chi connectivity index (χ2v) is 14.6. The quantitative estimate of drug-likeness (QED) is 0.333. The molecule has 5 fully saturated rings. The highest BCUT2D eigenvalue weighted by Gasteiger charge is 2.59. The number of nitrogens with one attached hydrogen (secondary N) is 2. The van der Waals surface area contributed by atoms with Gasteiger partial charge in [-0.3, -0.25) is 9.69 Å². The van der Waals surface area contributed by atoms with E-state index in [9.17, 15) is 9.59 Å². The van der Waals surface area contributed by atoms with E-state index in [1.807, 2.05) is 4.90 Å². The zero-order valence-corrected chi connectivity index (χ0v) is 29.4. The molecule has 53 heavy (non-hydrogen) atoms. The summed E-state index contributed by atoms with van der Waals surface area (Å²) in [5.74, 6) is -6.09. The first kappa shape index (κ1) is 35.4. The van der Waals surface area contributed by atoms with E-state index in [2.05, 4.69) is 44.3 Å². The zero-order chi connectivity index (χ0) is 37.1. The molecular weight excluding hydrogens is 698 g/mol. The SMILES string of the molecule is CC(C)N1CCN(C(=O)c2ccc(NC(=O)Nc3ccc(-c4nc(N5C6COCC5C(F)(F)C6)nc(N5C6COCC5C(F)(F)C6)n4)cc3)cc2)CC1. The minimum atomic E-state index is -3.05. The predicted molar refractivity (Wildman–Crippen MR) is 188 cm³/mol. The van der Waals surface area contributed by atoms with Crippen LogP contribution in [0.15, 0.2) is 48.5 Å². The van der Waals surface area contributed by atoms with Gasteiger partial charge in [0.1, 0.15) is 12.1 Å². The molecule has 2 aromatic carbocycles. The van der Waals surface area contributed by atoms with Crippen LogP contribution in [0.4, 0.5) is 45.6 Å². The standard InChI is InChI=1S/C36H41F4N9O4/c1-21(2)46-11-13-47(14-12-46)31(50)23-5-9-25(10-6-23)42-34(51)41-24-7-3-22(4-8-24)30-43-32(48-26-15-35(37,38)28(48)19-52-17-26)45-33(44-30)49-27-16-36(39,40)29(49)20-53-18-27/h3-10,21,26-29H,11-20H2,1-2H3,(H2,41,42,51). The second-order valence-electron chi connectivity index (χ2n) is 14.6. The molecular formula is C36H41F4N9O4. The smallest absolute Gasteiger partial charge is 0.323 e. The molecule has 6 heterocycles. The number of rotatable bonds is 7. The van der Waals surface area contributed by atoms with Gasteiger partial charge in [0.05, 0.1) is 38.5 Å². The Kier molecular flexibility index (Phi) is 9.13. The lowest BCUT2D eigenvalue weighted by molar-refractivity contribution is -0.0248. The van der Waals surface area contributed by atoms with E-state index in [1.54, 1.807) is 48.5 Å². The van der Waals surface area contributed by atoms with Crippen molar-refractivity contribution in [3.63, 3.8) is 0 Å². The number of benzene rings is 2. The van der Waals surface area contributed by atoms with Crippen LogP contribution >= 0.6 is 0 Å². The lowest BCUT2D eigenvalue weighted by Gasteiger charge is -2.37. The Morgan fingerprint density at radius 2 is 1.21 bits per heavy atom. The number of urea groups is 1. The Bertz CT molecular complexity index is 1790. The molecule has 5 aliphatic heterocycles. The van der Waals surface area contributed by atoms with E-state index < -0.39 is 54.9 Å². The fourth-order valence-electron chi connectivity index (χ4n) is 7.96. The molecule has 0 aliphatic carbocycles. The molecule has 1 aromatic heterocycles. The largest absolute Gasteiger partial charge is 0.377 e. The second kappa shape index (κ2) is 13.7. The van der Waals surface area contributed by atoms with E-state index in [4.69, 9.17) is 9.47 Å². The van der Waals surface area contributed by atoms with Crippen molar-refractivity contribution in [2.24, 2.45) is 0 Å². The van der Waals surface area contributed by atoms with Gasteiger partial charge in [-0.2, -0.15) is 15.0 Å². The molecule has 0 radical (unpaired) electrons. The zero-order valence-electron chi connectivity index (χ0n) is 29.4. The highest BCUT2D eigenvalue weighted by Crippen LogP contribution is 2.45. The maximum absolute atomic E-state index is 15.0. The number of alkyl halides is 4. The van der Waals surface area contributed by atoms with E-state index >= 15 is 17.6 Å². The molecule has 5 aliphatic rings. The molecule has 17 heteroatoms. The number of hydrogen-bond donors (Lipinski definition) is 2. The summed E-state index contributed by atoms with van der Waals surface area (Å²) in [6.07, 6.45) is -0.870. The van der Waals surface area contributed by atoms with Gasteiger partial charge in [0.25, 0.3) is 17.8 Å². The molecule has 5 saturated heterocycles. The summed E-state index contributed by atoms with van der Waals surface area (Å²) in [6.45, 7) is 6.95.